The number of rotatable bonds is 58. The molecule has 432 valence electrons. The SMILES string of the molecule is CC/C=C\C/C=C\C/C=C\C/C=C\C/C=C\C/C=C\C/C=C\CCCCCCCC(=O)OCC(COC(=O)CCCCCCCCC)OC(=O)CCCCCCCCCCCCCCCCCCCCCCCCC. The van der Waals surface area contributed by atoms with Gasteiger partial charge >= 0.3 is 17.9 Å². The molecule has 0 aliphatic rings. The minimum atomic E-state index is -0.781. The van der Waals surface area contributed by atoms with Crippen LogP contribution < -0.4 is 0 Å². The molecule has 0 aromatic heterocycles. The van der Waals surface area contributed by atoms with Gasteiger partial charge in [0.15, 0.2) is 6.10 Å². The first-order chi connectivity index (χ1) is 37.0. The number of ether oxygens (including phenoxy) is 3. The number of carbonyl (C=O) groups is 3. The fourth-order valence-corrected chi connectivity index (χ4v) is 9.13. The van der Waals surface area contributed by atoms with Crippen LogP contribution >= 0.6 is 0 Å². The molecule has 1 atom stereocenters. The van der Waals surface area contributed by atoms with Crippen LogP contribution in [0.2, 0.25) is 0 Å². The summed E-state index contributed by atoms with van der Waals surface area (Å²) in [4.78, 5) is 38.1. The highest BCUT2D eigenvalue weighted by atomic mass is 16.6. The van der Waals surface area contributed by atoms with Crippen molar-refractivity contribution in [2.75, 3.05) is 13.2 Å². The average Bonchev–Trinajstić information content (AvgIpc) is 3.41. The molecule has 0 amide bonds. The highest BCUT2D eigenvalue weighted by Gasteiger charge is 2.19. The van der Waals surface area contributed by atoms with Gasteiger partial charge in [-0.2, -0.15) is 0 Å². The molecule has 0 radical (unpaired) electrons. The number of unbranched alkanes of at least 4 members (excludes halogenated alkanes) is 33. The van der Waals surface area contributed by atoms with Crippen molar-refractivity contribution in [3.63, 3.8) is 0 Å². The molecule has 0 saturated carbocycles. The predicted molar refractivity (Wildman–Crippen MR) is 325 cm³/mol. The van der Waals surface area contributed by atoms with E-state index in [0.29, 0.717) is 19.3 Å². The second kappa shape index (κ2) is 63.1. The zero-order chi connectivity index (χ0) is 54.3. The molecule has 0 aromatic carbocycles. The maximum absolute atomic E-state index is 12.9. The van der Waals surface area contributed by atoms with E-state index in [9.17, 15) is 14.4 Å². The van der Waals surface area contributed by atoms with Gasteiger partial charge in [0.05, 0.1) is 0 Å². The number of esters is 3. The van der Waals surface area contributed by atoms with Crippen molar-refractivity contribution in [1.29, 1.82) is 0 Å². The van der Waals surface area contributed by atoms with Crippen LogP contribution in [0.5, 0.6) is 0 Å². The highest BCUT2D eigenvalue weighted by molar-refractivity contribution is 5.71. The second-order valence-electron chi connectivity index (χ2n) is 21.3. The van der Waals surface area contributed by atoms with E-state index in [0.717, 1.165) is 122 Å². The Morgan fingerprint density at radius 1 is 0.280 bits per heavy atom. The van der Waals surface area contributed by atoms with Crippen LogP contribution in [0, 0.1) is 0 Å². The summed E-state index contributed by atoms with van der Waals surface area (Å²) in [6.45, 7) is 6.50. The van der Waals surface area contributed by atoms with Gasteiger partial charge in [-0.25, -0.2) is 0 Å². The Balaban J connectivity index is 4.18. The van der Waals surface area contributed by atoms with Crippen LogP contribution in [-0.4, -0.2) is 37.2 Å². The quantitative estimate of drug-likeness (QED) is 0.0261. The van der Waals surface area contributed by atoms with Crippen LogP contribution in [0.1, 0.15) is 316 Å². The third kappa shape index (κ3) is 61.3. The lowest BCUT2D eigenvalue weighted by molar-refractivity contribution is -0.167. The van der Waals surface area contributed by atoms with Crippen molar-refractivity contribution in [3.05, 3.63) is 85.1 Å². The van der Waals surface area contributed by atoms with Crippen LogP contribution in [0.15, 0.2) is 85.1 Å². The second-order valence-corrected chi connectivity index (χ2v) is 21.3. The smallest absolute Gasteiger partial charge is 0.306 e. The van der Waals surface area contributed by atoms with Crippen molar-refractivity contribution in [3.8, 4) is 0 Å². The van der Waals surface area contributed by atoms with Gasteiger partial charge in [0.1, 0.15) is 13.2 Å². The monoisotopic (exact) mass is 1040 g/mol. The molecule has 6 heteroatoms. The summed E-state index contributed by atoms with van der Waals surface area (Å²) in [5, 5.41) is 0. The average molecular weight is 1050 g/mol. The van der Waals surface area contributed by atoms with Gasteiger partial charge < -0.3 is 14.2 Å². The number of allylic oxidation sites excluding steroid dienone is 14. The molecule has 0 rings (SSSR count). The van der Waals surface area contributed by atoms with E-state index in [1.165, 1.54) is 154 Å². The lowest BCUT2D eigenvalue weighted by atomic mass is 10.0. The maximum atomic E-state index is 12.9. The summed E-state index contributed by atoms with van der Waals surface area (Å²) >= 11 is 0. The molecule has 0 saturated heterocycles. The van der Waals surface area contributed by atoms with Gasteiger partial charge in [-0.05, 0) is 77.0 Å². The molecule has 0 aliphatic carbocycles. The molecule has 0 aliphatic heterocycles. The number of carbonyl (C=O) groups excluding carboxylic acids is 3. The Labute approximate surface area is 465 Å². The summed E-state index contributed by atoms with van der Waals surface area (Å²) < 4.78 is 16.8. The van der Waals surface area contributed by atoms with E-state index in [2.05, 4.69) is 106 Å². The first-order valence-corrected chi connectivity index (χ1v) is 32.1. The van der Waals surface area contributed by atoms with Gasteiger partial charge in [-0.15, -0.1) is 0 Å². The van der Waals surface area contributed by atoms with Crippen molar-refractivity contribution in [1.82, 2.24) is 0 Å². The molecule has 0 spiro atoms. The van der Waals surface area contributed by atoms with E-state index >= 15 is 0 Å². The fraction of sp³-hybridized carbons (Fsp3) is 0.754. The first-order valence-electron chi connectivity index (χ1n) is 32.1. The van der Waals surface area contributed by atoms with E-state index in [1.54, 1.807) is 0 Å². The third-order valence-electron chi connectivity index (χ3n) is 13.9. The normalized spacial score (nSPS) is 12.6. The number of hydrogen-bond acceptors (Lipinski definition) is 6. The van der Waals surface area contributed by atoms with E-state index in [1.807, 2.05) is 0 Å². The lowest BCUT2D eigenvalue weighted by Gasteiger charge is -2.18. The van der Waals surface area contributed by atoms with Crippen molar-refractivity contribution in [2.24, 2.45) is 0 Å². The summed E-state index contributed by atoms with van der Waals surface area (Å²) in [6.07, 6.45) is 83.3. The topological polar surface area (TPSA) is 78.9 Å². The fourth-order valence-electron chi connectivity index (χ4n) is 9.13. The van der Waals surface area contributed by atoms with Crippen LogP contribution in [0.4, 0.5) is 0 Å². The molecule has 0 fully saturated rings. The molecular formula is C69H120O6. The van der Waals surface area contributed by atoms with Gasteiger partial charge in [0.25, 0.3) is 0 Å². The molecule has 0 N–H and O–H groups in total. The molecule has 6 nitrogen and oxygen atoms in total. The van der Waals surface area contributed by atoms with Crippen molar-refractivity contribution < 1.29 is 28.6 Å². The van der Waals surface area contributed by atoms with Crippen LogP contribution in [-0.2, 0) is 28.6 Å². The molecule has 1 unspecified atom stereocenters. The predicted octanol–water partition coefficient (Wildman–Crippen LogP) is 21.9. The highest BCUT2D eigenvalue weighted by Crippen LogP contribution is 2.17. The maximum Gasteiger partial charge on any atom is 0.306 e. The third-order valence-corrected chi connectivity index (χ3v) is 13.9. The summed E-state index contributed by atoms with van der Waals surface area (Å²) in [5.41, 5.74) is 0. The number of hydrogen-bond donors (Lipinski definition) is 0. The molecule has 0 heterocycles. The first kappa shape index (κ1) is 71.6. The van der Waals surface area contributed by atoms with Gasteiger partial charge in [0.2, 0.25) is 0 Å². The molecule has 0 aromatic rings. The zero-order valence-electron chi connectivity index (χ0n) is 49.6. The van der Waals surface area contributed by atoms with Gasteiger partial charge in [0, 0.05) is 19.3 Å². The largest absolute Gasteiger partial charge is 0.462 e. The Kier molecular flexibility index (Phi) is 60.3. The molecule has 0 bridgehead atoms. The Morgan fingerprint density at radius 3 is 0.813 bits per heavy atom. The Hall–Kier alpha value is -3.41. The van der Waals surface area contributed by atoms with Crippen LogP contribution in [0.25, 0.3) is 0 Å². The summed E-state index contributed by atoms with van der Waals surface area (Å²) in [6, 6.07) is 0. The van der Waals surface area contributed by atoms with Crippen LogP contribution in [0.3, 0.4) is 0 Å². The van der Waals surface area contributed by atoms with E-state index in [4.69, 9.17) is 14.2 Å². The summed E-state index contributed by atoms with van der Waals surface area (Å²) in [7, 11) is 0. The van der Waals surface area contributed by atoms with Crippen molar-refractivity contribution in [2.45, 2.75) is 322 Å². The van der Waals surface area contributed by atoms with E-state index < -0.39 is 6.10 Å². The van der Waals surface area contributed by atoms with Gasteiger partial charge in [-0.1, -0.05) is 305 Å². The Bertz CT molecular complexity index is 1430. The standard InChI is InChI=1S/C69H120O6/c1-4-7-10-13-16-18-20-22-24-26-28-30-32-33-34-35-37-38-40-42-44-46-48-50-53-56-59-62-68(71)74-65-66(64-73-67(70)61-58-55-52-15-12-9-6-3)75-69(72)63-60-57-54-51-49-47-45-43-41-39-36-31-29-27-25-23-21-19-17-14-11-8-5-2/h7,10,16,18,22,24,28,30,33-34,37-38,42,44,66H,4-6,8-9,11-15,17,19-21,23,25-27,29,31-32,35-36,39-41,43,45-65H2,1-3H3/b10-7-,18-16-,24-22-,30-28-,34-33-,38-37-,44-42-. The molecule has 75 heavy (non-hydrogen) atoms. The zero-order valence-corrected chi connectivity index (χ0v) is 49.6. The van der Waals surface area contributed by atoms with E-state index in [-0.39, 0.29) is 31.1 Å². The summed E-state index contributed by atoms with van der Waals surface area (Å²) in [5.74, 6) is -0.894. The molecular weight excluding hydrogens is 925 g/mol. The van der Waals surface area contributed by atoms with Crippen molar-refractivity contribution >= 4 is 17.9 Å². The lowest BCUT2D eigenvalue weighted by Crippen LogP contribution is -2.30. The minimum Gasteiger partial charge on any atom is -0.462 e. The van der Waals surface area contributed by atoms with Gasteiger partial charge in [-0.3, -0.25) is 14.4 Å². The minimum absolute atomic E-state index is 0.0798. The Morgan fingerprint density at radius 2 is 0.520 bits per heavy atom.